The van der Waals surface area contributed by atoms with Crippen molar-refractivity contribution in [2.24, 2.45) is 5.92 Å². The van der Waals surface area contributed by atoms with Crippen LogP contribution in [0, 0.1) is 5.92 Å². The van der Waals surface area contributed by atoms with E-state index < -0.39 is 0 Å². The number of hydrogen-bond acceptors (Lipinski definition) is 3. The van der Waals surface area contributed by atoms with Gasteiger partial charge in [-0.25, -0.2) is 4.98 Å². The number of nitrogens with zero attached hydrogens (tertiary/aromatic N) is 1. The van der Waals surface area contributed by atoms with Gasteiger partial charge in [-0.15, -0.1) is 0 Å². The summed E-state index contributed by atoms with van der Waals surface area (Å²) in [4.78, 5) is 4.30. The molecule has 0 amide bonds. The first-order chi connectivity index (χ1) is 7.20. The fourth-order valence-electron chi connectivity index (χ4n) is 1.33. The van der Waals surface area contributed by atoms with Gasteiger partial charge in [-0.05, 0) is 24.8 Å². The van der Waals surface area contributed by atoms with E-state index in [1.807, 2.05) is 0 Å². The molecule has 1 heterocycles. The molecule has 2 N–H and O–H groups in total. The van der Waals surface area contributed by atoms with E-state index in [1.165, 1.54) is 12.8 Å². The fraction of sp³-hybridized carbons (Fsp3) is 0.500. The summed E-state index contributed by atoms with van der Waals surface area (Å²) in [6, 6.07) is 1.71. The van der Waals surface area contributed by atoms with Crippen molar-refractivity contribution in [1.29, 1.82) is 0 Å². The molecule has 82 valence electrons. The molecule has 0 aromatic carbocycles. The maximum Gasteiger partial charge on any atom is 0.147 e. The van der Waals surface area contributed by atoms with Crippen LogP contribution in [-0.2, 0) is 0 Å². The molecule has 5 heteroatoms. The van der Waals surface area contributed by atoms with E-state index in [2.05, 4.69) is 15.6 Å². The van der Waals surface area contributed by atoms with Crippen molar-refractivity contribution in [3.63, 3.8) is 0 Å². The zero-order valence-corrected chi connectivity index (χ0v) is 9.99. The van der Waals surface area contributed by atoms with E-state index in [0.717, 1.165) is 12.5 Å². The Balaban J connectivity index is 2.13. The van der Waals surface area contributed by atoms with E-state index in [1.54, 1.807) is 13.1 Å². The molecule has 1 aromatic heterocycles. The zero-order chi connectivity index (χ0) is 10.8. The molecule has 1 saturated carbocycles. The van der Waals surface area contributed by atoms with Crippen molar-refractivity contribution in [2.75, 3.05) is 24.2 Å². The molecular weight excluding hydrogens is 233 g/mol. The number of rotatable bonds is 4. The predicted octanol–water partition coefficient (Wildman–Crippen LogP) is 3.25. The van der Waals surface area contributed by atoms with Crippen molar-refractivity contribution in [2.45, 2.75) is 12.8 Å². The molecule has 0 atom stereocenters. The monoisotopic (exact) mass is 245 g/mol. The Hall–Kier alpha value is -0.670. The third-order valence-electron chi connectivity index (χ3n) is 2.42. The van der Waals surface area contributed by atoms with Gasteiger partial charge in [-0.1, -0.05) is 23.2 Å². The van der Waals surface area contributed by atoms with Gasteiger partial charge in [0.1, 0.15) is 11.6 Å². The second-order valence-corrected chi connectivity index (χ2v) is 4.54. The van der Waals surface area contributed by atoms with Crippen LogP contribution in [0.1, 0.15) is 12.8 Å². The van der Waals surface area contributed by atoms with Gasteiger partial charge in [0.25, 0.3) is 0 Å². The molecule has 2 rings (SSSR count). The van der Waals surface area contributed by atoms with Gasteiger partial charge < -0.3 is 10.6 Å². The molecule has 15 heavy (non-hydrogen) atoms. The van der Waals surface area contributed by atoms with Gasteiger partial charge in [0, 0.05) is 13.6 Å². The van der Waals surface area contributed by atoms with Crippen LogP contribution in [0.4, 0.5) is 11.6 Å². The quantitative estimate of drug-likeness (QED) is 0.856. The first-order valence-electron chi connectivity index (χ1n) is 4.98. The maximum atomic E-state index is 6.03. The van der Waals surface area contributed by atoms with Crippen molar-refractivity contribution in [3.8, 4) is 0 Å². The lowest BCUT2D eigenvalue weighted by Crippen LogP contribution is -2.07. The highest BCUT2D eigenvalue weighted by Crippen LogP contribution is 2.32. The van der Waals surface area contributed by atoms with E-state index in [9.17, 15) is 0 Å². The molecule has 0 bridgehead atoms. The number of halogens is 2. The van der Waals surface area contributed by atoms with E-state index in [0.29, 0.717) is 21.7 Å². The molecule has 3 nitrogen and oxygen atoms in total. The van der Waals surface area contributed by atoms with Gasteiger partial charge >= 0.3 is 0 Å². The summed E-state index contributed by atoms with van der Waals surface area (Å²) in [7, 11) is 1.78. The predicted molar refractivity (Wildman–Crippen MR) is 65.0 cm³/mol. The number of pyridine rings is 1. The zero-order valence-electron chi connectivity index (χ0n) is 8.48. The Labute approximate surface area is 99.2 Å². The van der Waals surface area contributed by atoms with Crippen LogP contribution in [0.5, 0.6) is 0 Å². The number of anilines is 2. The van der Waals surface area contributed by atoms with Crippen molar-refractivity contribution >= 4 is 34.8 Å². The Bertz CT molecular complexity index is 364. The summed E-state index contributed by atoms with van der Waals surface area (Å²) in [5.74, 6) is 2.15. The molecule has 1 aliphatic carbocycles. The molecule has 0 unspecified atom stereocenters. The van der Waals surface area contributed by atoms with Gasteiger partial charge in [-0.3, -0.25) is 0 Å². The first-order valence-corrected chi connectivity index (χ1v) is 5.74. The first kappa shape index (κ1) is 10.8. The van der Waals surface area contributed by atoms with E-state index >= 15 is 0 Å². The number of nitrogens with one attached hydrogen (secondary N) is 2. The van der Waals surface area contributed by atoms with Gasteiger partial charge in [0.15, 0.2) is 0 Å². The standard InChI is InChI=1S/C10H13Cl2N3/c1-13-9-7(11)4-8(12)10(15-9)14-5-6-2-3-6/h4,6H,2-3,5H2,1H3,(H2,13,14,15). The topological polar surface area (TPSA) is 37.0 Å². The Kier molecular flexibility index (Phi) is 3.22. The second kappa shape index (κ2) is 4.45. The Morgan fingerprint density at radius 2 is 2.00 bits per heavy atom. The minimum atomic E-state index is 0.541. The van der Waals surface area contributed by atoms with Crippen LogP contribution < -0.4 is 10.6 Å². The highest BCUT2D eigenvalue weighted by atomic mass is 35.5. The smallest absolute Gasteiger partial charge is 0.147 e. The highest BCUT2D eigenvalue weighted by Gasteiger charge is 2.21. The average molecular weight is 246 g/mol. The van der Waals surface area contributed by atoms with Crippen LogP contribution in [0.2, 0.25) is 10.0 Å². The normalized spacial score (nSPS) is 15.1. The summed E-state index contributed by atoms with van der Waals surface area (Å²) < 4.78 is 0. The van der Waals surface area contributed by atoms with Crippen LogP contribution in [0.25, 0.3) is 0 Å². The maximum absolute atomic E-state index is 6.03. The third-order valence-corrected chi connectivity index (χ3v) is 3.00. The molecule has 0 aliphatic heterocycles. The molecular formula is C10H13Cl2N3. The van der Waals surface area contributed by atoms with Crippen molar-refractivity contribution < 1.29 is 0 Å². The number of aromatic nitrogens is 1. The lowest BCUT2D eigenvalue weighted by atomic mass is 10.4. The van der Waals surface area contributed by atoms with Gasteiger partial charge in [-0.2, -0.15) is 0 Å². The van der Waals surface area contributed by atoms with Crippen LogP contribution in [0.3, 0.4) is 0 Å². The molecule has 0 radical (unpaired) electrons. The van der Waals surface area contributed by atoms with Crippen molar-refractivity contribution in [1.82, 2.24) is 4.98 Å². The SMILES string of the molecule is CNc1nc(NCC2CC2)c(Cl)cc1Cl. The molecule has 0 saturated heterocycles. The minimum absolute atomic E-state index is 0.541. The highest BCUT2D eigenvalue weighted by molar-refractivity contribution is 6.37. The third kappa shape index (κ3) is 2.67. The van der Waals surface area contributed by atoms with E-state index in [4.69, 9.17) is 23.2 Å². The van der Waals surface area contributed by atoms with Gasteiger partial charge in [0.2, 0.25) is 0 Å². The summed E-state index contributed by atoms with van der Waals surface area (Å²) >= 11 is 12.0. The van der Waals surface area contributed by atoms with Crippen LogP contribution >= 0.6 is 23.2 Å². The lowest BCUT2D eigenvalue weighted by Gasteiger charge is -2.10. The average Bonchev–Trinajstić information content (AvgIpc) is 3.00. The lowest BCUT2D eigenvalue weighted by molar-refractivity contribution is 0.883. The Morgan fingerprint density at radius 1 is 1.33 bits per heavy atom. The summed E-state index contributed by atoms with van der Waals surface area (Å²) in [6.07, 6.45) is 2.61. The van der Waals surface area contributed by atoms with Gasteiger partial charge in [0.05, 0.1) is 10.0 Å². The van der Waals surface area contributed by atoms with Crippen LogP contribution in [-0.4, -0.2) is 18.6 Å². The Morgan fingerprint density at radius 3 is 2.60 bits per heavy atom. The minimum Gasteiger partial charge on any atom is -0.372 e. The van der Waals surface area contributed by atoms with Crippen LogP contribution in [0.15, 0.2) is 6.07 Å². The summed E-state index contributed by atoms with van der Waals surface area (Å²) in [5.41, 5.74) is 0. The summed E-state index contributed by atoms with van der Waals surface area (Å²) in [5, 5.41) is 7.27. The molecule has 1 fully saturated rings. The van der Waals surface area contributed by atoms with E-state index in [-0.39, 0.29) is 0 Å². The molecule has 1 aromatic rings. The van der Waals surface area contributed by atoms with Crippen molar-refractivity contribution in [3.05, 3.63) is 16.1 Å². The second-order valence-electron chi connectivity index (χ2n) is 3.72. The summed E-state index contributed by atoms with van der Waals surface area (Å²) in [6.45, 7) is 0.942. The molecule has 1 aliphatic rings. The molecule has 0 spiro atoms. The number of hydrogen-bond donors (Lipinski definition) is 2. The largest absolute Gasteiger partial charge is 0.372 e. The fourth-order valence-corrected chi connectivity index (χ4v) is 1.85.